The van der Waals surface area contributed by atoms with Crippen molar-refractivity contribution in [2.24, 2.45) is 5.92 Å². The van der Waals surface area contributed by atoms with Gasteiger partial charge in [0.2, 0.25) is 0 Å². The zero-order valence-electron chi connectivity index (χ0n) is 10.2. The van der Waals surface area contributed by atoms with Crippen molar-refractivity contribution < 1.29 is 9.84 Å². The zero-order chi connectivity index (χ0) is 11.9. The minimum atomic E-state index is 0.266. The number of methoxy groups -OCH3 is 1. The van der Waals surface area contributed by atoms with Crippen LogP contribution in [0.15, 0.2) is 18.2 Å². The minimum absolute atomic E-state index is 0.266. The monoisotopic (exact) mass is 233 g/mol. The summed E-state index contributed by atoms with van der Waals surface area (Å²) in [6.45, 7) is 2.25. The first-order valence-corrected chi connectivity index (χ1v) is 6.34. The Morgan fingerprint density at radius 2 is 2.24 bits per heavy atom. The largest absolute Gasteiger partial charge is 0.504 e. The number of hydrogen-bond acceptors (Lipinski definition) is 3. The van der Waals surface area contributed by atoms with Gasteiger partial charge in [-0.1, -0.05) is 6.07 Å². The molecule has 3 rings (SSSR count). The summed E-state index contributed by atoms with van der Waals surface area (Å²) in [6, 6.07) is 5.89. The molecule has 3 heteroatoms. The molecule has 0 bridgehead atoms. The SMILES string of the molecule is COc1ccc(C2(C3CCNC3)CC2)cc1O. The fourth-order valence-corrected chi connectivity index (χ4v) is 3.19. The summed E-state index contributed by atoms with van der Waals surface area (Å²) < 4.78 is 5.10. The second-order valence-electron chi connectivity index (χ2n) is 5.23. The average Bonchev–Trinajstić information content (AvgIpc) is 2.97. The lowest BCUT2D eigenvalue weighted by atomic mass is 9.82. The Labute approximate surface area is 102 Å². The molecule has 1 atom stereocenters. The van der Waals surface area contributed by atoms with E-state index >= 15 is 0 Å². The molecule has 1 aromatic rings. The maximum atomic E-state index is 9.88. The number of benzene rings is 1. The number of nitrogens with one attached hydrogen (secondary N) is 1. The first-order chi connectivity index (χ1) is 8.26. The van der Waals surface area contributed by atoms with E-state index in [1.165, 1.54) is 24.8 Å². The highest BCUT2D eigenvalue weighted by atomic mass is 16.5. The van der Waals surface area contributed by atoms with E-state index in [4.69, 9.17) is 4.74 Å². The van der Waals surface area contributed by atoms with E-state index in [0.717, 1.165) is 19.0 Å². The molecule has 1 aromatic carbocycles. The van der Waals surface area contributed by atoms with Gasteiger partial charge in [-0.3, -0.25) is 0 Å². The van der Waals surface area contributed by atoms with Crippen molar-refractivity contribution in [1.29, 1.82) is 0 Å². The number of hydrogen-bond donors (Lipinski definition) is 2. The fourth-order valence-electron chi connectivity index (χ4n) is 3.19. The number of ether oxygens (including phenoxy) is 1. The molecule has 0 spiro atoms. The summed E-state index contributed by atoms with van der Waals surface area (Å²) in [5.74, 6) is 1.56. The van der Waals surface area contributed by atoms with Crippen LogP contribution in [0.4, 0.5) is 0 Å². The van der Waals surface area contributed by atoms with Crippen LogP contribution in [0.2, 0.25) is 0 Å². The number of aromatic hydroxyl groups is 1. The van der Waals surface area contributed by atoms with Crippen LogP contribution < -0.4 is 10.1 Å². The maximum absolute atomic E-state index is 9.88. The molecule has 17 heavy (non-hydrogen) atoms. The first-order valence-electron chi connectivity index (χ1n) is 6.34. The smallest absolute Gasteiger partial charge is 0.160 e. The van der Waals surface area contributed by atoms with Crippen molar-refractivity contribution in [3.8, 4) is 11.5 Å². The fraction of sp³-hybridized carbons (Fsp3) is 0.571. The molecule has 0 amide bonds. The summed E-state index contributed by atoms with van der Waals surface area (Å²) in [7, 11) is 1.59. The van der Waals surface area contributed by atoms with E-state index in [1.807, 2.05) is 12.1 Å². The molecule has 1 aliphatic carbocycles. The first kappa shape index (κ1) is 10.9. The zero-order valence-corrected chi connectivity index (χ0v) is 10.2. The average molecular weight is 233 g/mol. The van der Waals surface area contributed by atoms with E-state index in [1.54, 1.807) is 7.11 Å². The van der Waals surface area contributed by atoms with Gasteiger partial charge in [0.15, 0.2) is 11.5 Å². The highest BCUT2D eigenvalue weighted by Gasteiger charge is 2.51. The third-order valence-corrected chi connectivity index (χ3v) is 4.38. The molecular formula is C14H19NO2. The van der Waals surface area contributed by atoms with Gasteiger partial charge in [0.1, 0.15) is 0 Å². The molecule has 2 N–H and O–H groups in total. The molecule has 0 aromatic heterocycles. The van der Waals surface area contributed by atoms with Gasteiger partial charge < -0.3 is 15.2 Å². The van der Waals surface area contributed by atoms with E-state index < -0.39 is 0 Å². The van der Waals surface area contributed by atoms with Gasteiger partial charge in [-0.25, -0.2) is 0 Å². The van der Waals surface area contributed by atoms with Crippen LogP contribution in [0.5, 0.6) is 11.5 Å². The Balaban J connectivity index is 1.90. The van der Waals surface area contributed by atoms with Crippen LogP contribution >= 0.6 is 0 Å². The molecule has 92 valence electrons. The van der Waals surface area contributed by atoms with Gasteiger partial charge in [0, 0.05) is 0 Å². The normalized spacial score (nSPS) is 25.8. The van der Waals surface area contributed by atoms with Crippen LogP contribution in [0, 0.1) is 5.92 Å². The Hall–Kier alpha value is -1.22. The van der Waals surface area contributed by atoms with Crippen LogP contribution in [0.25, 0.3) is 0 Å². The van der Waals surface area contributed by atoms with Crippen molar-refractivity contribution >= 4 is 0 Å². The molecule has 1 heterocycles. The molecule has 0 radical (unpaired) electrons. The summed E-state index contributed by atoms with van der Waals surface area (Å²) >= 11 is 0. The van der Waals surface area contributed by atoms with Gasteiger partial charge in [0.05, 0.1) is 7.11 Å². The van der Waals surface area contributed by atoms with Crippen molar-refractivity contribution in [1.82, 2.24) is 5.32 Å². The summed E-state index contributed by atoms with van der Waals surface area (Å²) in [6.07, 6.45) is 3.77. The van der Waals surface area contributed by atoms with E-state index in [-0.39, 0.29) is 5.75 Å². The molecule has 2 fully saturated rings. The van der Waals surface area contributed by atoms with Crippen molar-refractivity contribution in [2.45, 2.75) is 24.7 Å². The predicted octanol–water partition coefficient (Wildman–Crippen LogP) is 2.04. The molecular weight excluding hydrogens is 214 g/mol. The number of phenols is 1. The van der Waals surface area contributed by atoms with Crippen LogP contribution in [0.1, 0.15) is 24.8 Å². The molecule has 1 unspecified atom stereocenters. The van der Waals surface area contributed by atoms with Crippen molar-refractivity contribution in [3.63, 3.8) is 0 Å². The Kier molecular flexibility index (Phi) is 2.51. The Morgan fingerprint density at radius 3 is 2.76 bits per heavy atom. The Bertz CT molecular complexity index is 420. The van der Waals surface area contributed by atoms with Gasteiger partial charge >= 0.3 is 0 Å². The lowest BCUT2D eigenvalue weighted by Crippen LogP contribution is -2.22. The summed E-state index contributed by atoms with van der Waals surface area (Å²) in [5.41, 5.74) is 1.61. The number of rotatable bonds is 3. The van der Waals surface area contributed by atoms with Gasteiger partial charge in [0.25, 0.3) is 0 Å². The molecule has 1 saturated carbocycles. The molecule has 1 saturated heterocycles. The lowest BCUT2D eigenvalue weighted by molar-refractivity contribution is 0.370. The van der Waals surface area contributed by atoms with Crippen LogP contribution in [0.3, 0.4) is 0 Å². The molecule has 1 aliphatic heterocycles. The van der Waals surface area contributed by atoms with Crippen molar-refractivity contribution in [3.05, 3.63) is 23.8 Å². The highest BCUT2D eigenvalue weighted by molar-refractivity contribution is 5.46. The van der Waals surface area contributed by atoms with Crippen LogP contribution in [-0.2, 0) is 5.41 Å². The third-order valence-electron chi connectivity index (χ3n) is 4.38. The standard InChI is InChI=1S/C14H19NO2/c1-17-13-3-2-10(8-12(13)16)14(5-6-14)11-4-7-15-9-11/h2-3,8,11,15-16H,4-7,9H2,1H3. The lowest BCUT2D eigenvalue weighted by Gasteiger charge is -2.23. The van der Waals surface area contributed by atoms with E-state index in [2.05, 4.69) is 11.4 Å². The predicted molar refractivity (Wildman–Crippen MR) is 66.5 cm³/mol. The van der Waals surface area contributed by atoms with Gasteiger partial charge in [-0.2, -0.15) is 0 Å². The minimum Gasteiger partial charge on any atom is -0.504 e. The van der Waals surface area contributed by atoms with E-state index in [0.29, 0.717) is 11.2 Å². The van der Waals surface area contributed by atoms with Gasteiger partial charge in [-0.15, -0.1) is 0 Å². The molecule has 3 nitrogen and oxygen atoms in total. The highest BCUT2D eigenvalue weighted by Crippen LogP contribution is 2.56. The molecule has 2 aliphatic rings. The van der Waals surface area contributed by atoms with Gasteiger partial charge in [-0.05, 0) is 61.4 Å². The number of phenolic OH excluding ortho intramolecular Hbond substituents is 1. The summed E-state index contributed by atoms with van der Waals surface area (Å²) in [5, 5.41) is 13.3. The topological polar surface area (TPSA) is 41.5 Å². The van der Waals surface area contributed by atoms with Crippen molar-refractivity contribution in [2.75, 3.05) is 20.2 Å². The quantitative estimate of drug-likeness (QED) is 0.839. The third kappa shape index (κ3) is 1.69. The maximum Gasteiger partial charge on any atom is 0.160 e. The Morgan fingerprint density at radius 1 is 1.41 bits per heavy atom. The second kappa shape index (κ2) is 3.91. The van der Waals surface area contributed by atoms with E-state index in [9.17, 15) is 5.11 Å². The van der Waals surface area contributed by atoms with Crippen LogP contribution in [-0.4, -0.2) is 25.3 Å². The second-order valence-corrected chi connectivity index (χ2v) is 5.23. The summed E-state index contributed by atoms with van der Waals surface area (Å²) in [4.78, 5) is 0.